The number of furan rings is 1. The second-order valence-corrected chi connectivity index (χ2v) is 9.46. The molecule has 4 N–H and O–H groups in total. The van der Waals surface area contributed by atoms with Crippen LogP contribution in [0.2, 0.25) is 0 Å². The van der Waals surface area contributed by atoms with Crippen LogP contribution in [0.15, 0.2) is 82.5 Å². The third-order valence-electron chi connectivity index (χ3n) is 5.13. The topological polar surface area (TPSA) is 126 Å². The number of sulfone groups is 1. The molecular weight excluding hydrogens is 462 g/mol. The van der Waals surface area contributed by atoms with Crippen molar-refractivity contribution < 1.29 is 17.6 Å². The molecule has 170 valence electrons. The molecule has 0 aliphatic heterocycles. The molecule has 0 atom stereocenters. The van der Waals surface area contributed by atoms with Gasteiger partial charge in [0.1, 0.15) is 12.1 Å². The molecule has 4 aromatic rings. The molecule has 3 aromatic carbocycles. The summed E-state index contributed by atoms with van der Waals surface area (Å²) in [4.78, 5) is 12.9. The van der Waals surface area contributed by atoms with Crippen LogP contribution in [0.1, 0.15) is 22.8 Å². The number of rotatable bonds is 6. The molecule has 0 unspecified atom stereocenters. The van der Waals surface area contributed by atoms with Crippen molar-refractivity contribution in [3.8, 4) is 11.1 Å². The zero-order valence-electron chi connectivity index (χ0n) is 17.7. The van der Waals surface area contributed by atoms with E-state index in [0.29, 0.717) is 27.9 Å². The summed E-state index contributed by atoms with van der Waals surface area (Å²) < 4.78 is 29.8. The van der Waals surface area contributed by atoms with Crippen LogP contribution in [0, 0.1) is 5.41 Å². The fourth-order valence-electron chi connectivity index (χ4n) is 3.38. The number of hydrogen-bond donors (Lipinski definition) is 3. The highest BCUT2D eigenvalue weighted by atomic mass is 35.5. The second-order valence-electron chi connectivity index (χ2n) is 7.25. The van der Waals surface area contributed by atoms with Gasteiger partial charge >= 0.3 is 0 Å². The molecule has 1 aromatic heterocycles. The molecule has 0 spiro atoms. The summed E-state index contributed by atoms with van der Waals surface area (Å²) in [5.41, 5.74) is 8.34. The highest BCUT2D eigenvalue weighted by Crippen LogP contribution is 2.33. The maximum Gasteiger partial charge on any atom is 0.255 e. The molecule has 0 radical (unpaired) electrons. The van der Waals surface area contributed by atoms with E-state index in [1.54, 1.807) is 49.4 Å². The van der Waals surface area contributed by atoms with Crippen LogP contribution in [0.5, 0.6) is 0 Å². The first-order valence-electron chi connectivity index (χ1n) is 9.89. The lowest BCUT2D eigenvalue weighted by Crippen LogP contribution is -2.12. The summed E-state index contributed by atoms with van der Waals surface area (Å²) in [5, 5.41) is 11.9. The molecule has 0 bridgehead atoms. The first-order chi connectivity index (χ1) is 15.3. The van der Waals surface area contributed by atoms with Gasteiger partial charge < -0.3 is 15.5 Å². The van der Waals surface area contributed by atoms with Gasteiger partial charge in [0, 0.05) is 28.4 Å². The van der Waals surface area contributed by atoms with Gasteiger partial charge in [0.15, 0.2) is 0 Å². The number of hydrogen-bond acceptors (Lipinski definition) is 5. The Balaban J connectivity index is 0.00000306. The van der Waals surface area contributed by atoms with Crippen LogP contribution in [0.3, 0.4) is 0 Å². The molecule has 1 amide bonds. The normalized spacial score (nSPS) is 11.1. The summed E-state index contributed by atoms with van der Waals surface area (Å²) in [6.07, 6.45) is 1.36. The Morgan fingerprint density at radius 2 is 1.76 bits per heavy atom. The predicted molar refractivity (Wildman–Crippen MR) is 132 cm³/mol. The van der Waals surface area contributed by atoms with Crippen LogP contribution in [-0.4, -0.2) is 25.9 Å². The number of anilines is 1. The summed E-state index contributed by atoms with van der Waals surface area (Å²) >= 11 is 0. The van der Waals surface area contributed by atoms with Crippen molar-refractivity contribution in [3.63, 3.8) is 0 Å². The third kappa shape index (κ3) is 4.92. The van der Waals surface area contributed by atoms with Gasteiger partial charge in [0.2, 0.25) is 14.9 Å². The lowest BCUT2D eigenvalue weighted by atomic mass is 9.95. The smallest absolute Gasteiger partial charge is 0.255 e. The lowest BCUT2D eigenvalue weighted by Gasteiger charge is -2.11. The Labute approximate surface area is 197 Å². The monoisotopic (exact) mass is 483 g/mol. The van der Waals surface area contributed by atoms with Crippen LogP contribution in [0.25, 0.3) is 21.9 Å². The van der Waals surface area contributed by atoms with Crippen molar-refractivity contribution in [2.24, 2.45) is 5.73 Å². The minimum atomic E-state index is -3.53. The Morgan fingerprint density at radius 3 is 2.42 bits per heavy atom. The summed E-state index contributed by atoms with van der Waals surface area (Å²) in [7, 11) is -3.53. The van der Waals surface area contributed by atoms with E-state index < -0.39 is 9.84 Å². The number of para-hydroxylation sites is 1. The van der Waals surface area contributed by atoms with E-state index in [1.165, 1.54) is 12.3 Å². The Bertz CT molecular complexity index is 1450. The quantitative estimate of drug-likeness (QED) is 0.267. The van der Waals surface area contributed by atoms with Crippen LogP contribution in [-0.2, 0) is 9.84 Å². The molecule has 9 heteroatoms. The van der Waals surface area contributed by atoms with Crippen molar-refractivity contribution in [2.75, 3.05) is 11.1 Å². The molecule has 33 heavy (non-hydrogen) atoms. The Kier molecular flexibility index (Phi) is 6.90. The van der Waals surface area contributed by atoms with Gasteiger partial charge in [-0.1, -0.05) is 37.3 Å². The lowest BCUT2D eigenvalue weighted by molar-refractivity contribution is 0.102. The van der Waals surface area contributed by atoms with Crippen LogP contribution >= 0.6 is 12.4 Å². The zero-order valence-corrected chi connectivity index (χ0v) is 19.3. The Hall–Kier alpha value is -3.62. The number of halogens is 1. The number of amidine groups is 1. The van der Waals surface area contributed by atoms with Gasteiger partial charge in [-0.15, -0.1) is 12.4 Å². The molecule has 4 rings (SSSR count). The number of nitrogen functional groups attached to an aromatic ring is 1. The van der Waals surface area contributed by atoms with Gasteiger partial charge in [-0.25, -0.2) is 8.42 Å². The maximum atomic E-state index is 12.9. The molecule has 0 saturated heterocycles. The van der Waals surface area contributed by atoms with Crippen molar-refractivity contribution in [1.29, 1.82) is 5.41 Å². The highest BCUT2D eigenvalue weighted by Gasteiger charge is 2.19. The first kappa shape index (κ1) is 24.0. The van der Waals surface area contributed by atoms with Crippen molar-refractivity contribution in [1.82, 2.24) is 0 Å². The van der Waals surface area contributed by atoms with E-state index >= 15 is 0 Å². The minimum Gasteiger partial charge on any atom is -0.452 e. The van der Waals surface area contributed by atoms with E-state index in [0.717, 1.165) is 10.8 Å². The van der Waals surface area contributed by atoms with E-state index in [-0.39, 0.29) is 35.0 Å². The summed E-state index contributed by atoms with van der Waals surface area (Å²) in [6.45, 7) is 1.54. The predicted octanol–water partition coefficient (Wildman–Crippen LogP) is 4.85. The van der Waals surface area contributed by atoms with Gasteiger partial charge in [-0.05, 0) is 46.7 Å². The van der Waals surface area contributed by atoms with Crippen molar-refractivity contribution in [3.05, 3.63) is 84.1 Å². The van der Waals surface area contributed by atoms with E-state index in [9.17, 15) is 13.2 Å². The van der Waals surface area contributed by atoms with E-state index in [1.807, 2.05) is 18.2 Å². The number of carbonyl (C=O) groups is 1. The molecule has 0 fully saturated rings. The minimum absolute atomic E-state index is 0. The highest BCUT2D eigenvalue weighted by molar-refractivity contribution is 7.91. The zero-order chi connectivity index (χ0) is 22.9. The van der Waals surface area contributed by atoms with Crippen LogP contribution in [0.4, 0.5) is 5.69 Å². The number of nitrogens with one attached hydrogen (secondary N) is 2. The number of amides is 1. The summed E-state index contributed by atoms with van der Waals surface area (Å²) in [6, 6.07) is 19.2. The third-order valence-corrected chi connectivity index (χ3v) is 6.72. The van der Waals surface area contributed by atoms with E-state index in [2.05, 4.69) is 5.32 Å². The SMILES string of the molecule is CCS(=O)(=O)c1cc(-c2cc(C(=O)Nc3ccccc3)cc3ccc(C(=N)N)cc23)co1.Cl. The van der Waals surface area contributed by atoms with Gasteiger partial charge in [-0.3, -0.25) is 10.2 Å². The Morgan fingerprint density at radius 1 is 1.03 bits per heavy atom. The molecular formula is C24H22ClN3O4S. The van der Waals surface area contributed by atoms with Gasteiger partial charge in [0.05, 0.1) is 5.75 Å². The van der Waals surface area contributed by atoms with Gasteiger partial charge in [0.25, 0.3) is 5.91 Å². The molecule has 1 heterocycles. The maximum absolute atomic E-state index is 12.9. The van der Waals surface area contributed by atoms with Crippen LogP contribution < -0.4 is 11.1 Å². The average molecular weight is 484 g/mol. The molecule has 0 aliphatic carbocycles. The van der Waals surface area contributed by atoms with Crippen molar-refractivity contribution in [2.45, 2.75) is 12.0 Å². The second kappa shape index (κ2) is 9.48. The fraction of sp³-hybridized carbons (Fsp3) is 0.0833. The largest absolute Gasteiger partial charge is 0.452 e. The number of fused-ring (bicyclic) bond motifs is 1. The molecule has 7 nitrogen and oxygen atoms in total. The number of benzene rings is 3. The first-order valence-corrected chi connectivity index (χ1v) is 11.5. The molecule has 0 saturated carbocycles. The standard InChI is InChI=1S/C24H21N3O4S.ClH/c1-2-32(29,30)22-13-18(14-31-22)21-12-17(24(28)27-19-6-4-3-5-7-19)10-15-8-9-16(23(25)26)11-20(15)21;/h3-14H,2H2,1H3,(H3,25,26)(H,27,28);1H. The molecule has 0 aliphatic rings. The van der Waals surface area contributed by atoms with E-state index in [4.69, 9.17) is 15.6 Å². The fourth-order valence-corrected chi connectivity index (χ4v) is 4.17. The van der Waals surface area contributed by atoms with Gasteiger partial charge in [-0.2, -0.15) is 0 Å². The summed E-state index contributed by atoms with van der Waals surface area (Å²) in [5.74, 6) is -0.487. The number of nitrogens with two attached hydrogens (primary N) is 1. The average Bonchev–Trinajstić information content (AvgIpc) is 3.29. The number of carbonyl (C=O) groups excluding carboxylic acids is 1. The van der Waals surface area contributed by atoms with Crippen molar-refractivity contribution >= 4 is 50.4 Å².